The summed E-state index contributed by atoms with van der Waals surface area (Å²) in [4.78, 5) is 4.04. The van der Waals surface area contributed by atoms with E-state index in [2.05, 4.69) is 4.98 Å². The van der Waals surface area contributed by atoms with Crippen LogP contribution in [0.4, 0.5) is 8.78 Å². The van der Waals surface area contributed by atoms with Gasteiger partial charge in [0.1, 0.15) is 17.7 Å². The Morgan fingerprint density at radius 3 is 2.60 bits per heavy atom. The number of aliphatic hydroxyl groups excluding tert-OH is 1. The summed E-state index contributed by atoms with van der Waals surface area (Å²) in [6, 6.07) is 10.4. The summed E-state index contributed by atoms with van der Waals surface area (Å²) in [6.45, 7) is 0. The first kappa shape index (κ1) is 12.7. The number of rotatable bonds is 2. The summed E-state index contributed by atoms with van der Waals surface area (Å²) in [5.74, 6) is -1.24. The molecule has 3 rings (SSSR count). The monoisotopic (exact) mass is 271 g/mol. The van der Waals surface area contributed by atoms with Crippen molar-refractivity contribution >= 4 is 10.8 Å². The predicted octanol–water partition coefficient (Wildman–Crippen LogP) is 3.59. The molecule has 0 aliphatic heterocycles. The SMILES string of the molecule is OC(c1cc(F)ccc1F)c1cncc2ccccc12. The molecule has 0 spiro atoms. The summed E-state index contributed by atoms with van der Waals surface area (Å²) in [7, 11) is 0. The lowest BCUT2D eigenvalue weighted by Crippen LogP contribution is -2.04. The molecule has 0 fully saturated rings. The standard InChI is InChI=1S/C16H11F2NO/c17-11-5-6-15(18)13(7-11)16(20)14-9-19-8-10-3-1-2-4-12(10)14/h1-9,16,20H. The molecule has 1 heterocycles. The van der Waals surface area contributed by atoms with Gasteiger partial charge in [0.05, 0.1) is 0 Å². The second-order valence-corrected chi connectivity index (χ2v) is 4.52. The zero-order valence-electron chi connectivity index (χ0n) is 10.4. The minimum atomic E-state index is -1.26. The van der Waals surface area contributed by atoms with Crippen molar-refractivity contribution in [3.05, 3.63) is 77.6 Å². The Morgan fingerprint density at radius 2 is 1.75 bits per heavy atom. The first-order valence-electron chi connectivity index (χ1n) is 6.12. The van der Waals surface area contributed by atoms with Gasteiger partial charge in [0.15, 0.2) is 0 Å². The van der Waals surface area contributed by atoms with Gasteiger partial charge in [-0.3, -0.25) is 4.98 Å². The lowest BCUT2D eigenvalue weighted by atomic mass is 9.98. The first-order chi connectivity index (χ1) is 9.66. The van der Waals surface area contributed by atoms with Crippen LogP contribution in [0.3, 0.4) is 0 Å². The Morgan fingerprint density at radius 1 is 0.950 bits per heavy atom. The Labute approximate surface area is 114 Å². The van der Waals surface area contributed by atoms with Crippen molar-refractivity contribution in [2.45, 2.75) is 6.10 Å². The molecule has 2 aromatic carbocycles. The summed E-state index contributed by atoms with van der Waals surface area (Å²) in [5, 5.41) is 11.9. The van der Waals surface area contributed by atoms with Crippen LogP contribution in [0.15, 0.2) is 54.9 Å². The Kier molecular flexibility index (Phi) is 3.16. The fourth-order valence-corrected chi connectivity index (χ4v) is 2.25. The van der Waals surface area contributed by atoms with Crippen molar-refractivity contribution in [1.82, 2.24) is 4.98 Å². The van der Waals surface area contributed by atoms with E-state index in [0.717, 1.165) is 29.0 Å². The topological polar surface area (TPSA) is 33.1 Å². The summed E-state index contributed by atoms with van der Waals surface area (Å²) in [5.41, 5.74) is 0.357. The molecule has 20 heavy (non-hydrogen) atoms. The first-order valence-corrected chi connectivity index (χ1v) is 6.12. The smallest absolute Gasteiger partial charge is 0.129 e. The van der Waals surface area contributed by atoms with Crippen molar-refractivity contribution < 1.29 is 13.9 Å². The Balaban J connectivity index is 2.17. The van der Waals surface area contributed by atoms with E-state index in [9.17, 15) is 13.9 Å². The fraction of sp³-hybridized carbons (Fsp3) is 0.0625. The highest BCUT2D eigenvalue weighted by Gasteiger charge is 2.18. The molecule has 4 heteroatoms. The van der Waals surface area contributed by atoms with Crippen LogP contribution in [0.1, 0.15) is 17.2 Å². The van der Waals surface area contributed by atoms with E-state index in [1.54, 1.807) is 6.20 Å². The molecule has 0 aliphatic carbocycles. The number of aromatic nitrogens is 1. The number of nitrogens with zero attached hydrogens (tertiary/aromatic N) is 1. The molecule has 1 unspecified atom stereocenters. The van der Waals surface area contributed by atoms with Gasteiger partial charge in [-0.15, -0.1) is 0 Å². The molecule has 0 saturated heterocycles. The van der Waals surface area contributed by atoms with Crippen molar-refractivity contribution in [2.75, 3.05) is 0 Å². The van der Waals surface area contributed by atoms with E-state index in [0.29, 0.717) is 5.56 Å². The van der Waals surface area contributed by atoms with Crippen molar-refractivity contribution in [3.63, 3.8) is 0 Å². The summed E-state index contributed by atoms with van der Waals surface area (Å²) < 4.78 is 27.0. The van der Waals surface area contributed by atoms with Crippen LogP contribution in [0.25, 0.3) is 10.8 Å². The highest BCUT2D eigenvalue weighted by Crippen LogP contribution is 2.29. The van der Waals surface area contributed by atoms with Gasteiger partial charge in [-0.2, -0.15) is 0 Å². The van der Waals surface area contributed by atoms with Crippen molar-refractivity contribution in [2.24, 2.45) is 0 Å². The zero-order valence-corrected chi connectivity index (χ0v) is 10.4. The fourth-order valence-electron chi connectivity index (χ4n) is 2.25. The highest BCUT2D eigenvalue weighted by molar-refractivity contribution is 5.85. The minimum Gasteiger partial charge on any atom is -0.383 e. The third-order valence-corrected chi connectivity index (χ3v) is 3.25. The van der Waals surface area contributed by atoms with Crippen LogP contribution in [0.2, 0.25) is 0 Å². The molecule has 3 aromatic rings. The lowest BCUT2D eigenvalue weighted by Gasteiger charge is -2.14. The van der Waals surface area contributed by atoms with E-state index in [4.69, 9.17) is 0 Å². The van der Waals surface area contributed by atoms with E-state index in [-0.39, 0.29) is 5.56 Å². The molecule has 100 valence electrons. The van der Waals surface area contributed by atoms with Crippen LogP contribution in [-0.2, 0) is 0 Å². The maximum absolute atomic E-state index is 13.8. The average molecular weight is 271 g/mol. The number of aliphatic hydroxyl groups is 1. The van der Waals surface area contributed by atoms with Crippen LogP contribution in [0.5, 0.6) is 0 Å². The molecule has 0 aliphatic rings. The molecule has 0 saturated carbocycles. The molecular weight excluding hydrogens is 260 g/mol. The molecule has 2 nitrogen and oxygen atoms in total. The normalized spacial score (nSPS) is 12.6. The van der Waals surface area contributed by atoms with E-state index < -0.39 is 17.7 Å². The second kappa shape index (κ2) is 4.98. The zero-order chi connectivity index (χ0) is 14.1. The lowest BCUT2D eigenvalue weighted by molar-refractivity contribution is 0.215. The maximum atomic E-state index is 13.8. The molecule has 1 N–H and O–H groups in total. The van der Waals surface area contributed by atoms with Crippen LogP contribution < -0.4 is 0 Å². The number of hydrogen-bond donors (Lipinski definition) is 1. The van der Waals surface area contributed by atoms with Gasteiger partial charge >= 0.3 is 0 Å². The van der Waals surface area contributed by atoms with Crippen LogP contribution in [-0.4, -0.2) is 10.1 Å². The quantitative estimate of drug-likeness (QED) is 0.772. The minimum absolute atomic E-state index is 0.0943. The third-order valence-electron chi connectivity index (χ3n) is 3.25. The van der Waals surface area contributed by atoms with Gasteiger partial charge in [-0.05, 0) is 23.6 Å². The van der Waals surface area contributed by atoms with E-state index >= 15 is 0 Å². The number of fused-ring (bicyclic) bond motifs is 1. The Bertz CT molecular complexity index is 768. The molecule has 0 bridgehead atoms. The number of pyridine rings is 1. The van der Waals surface area contributed by atoms with Crippen molar-refractivity contribution in [3.8, 4) is 0 Å². The van der Waals surface area contributed by atoms with E-state index in [1.165, 1.54) is 6.20 Å². The highest BCUT2D eigenvalue weighted by atomic mass is 19.1. The molecule has 1 aromatic heterocycles. The van der Waals surface area contributed by atoms with Gasteiger partial charge < -0.3 is 5.11 Å². The molecule has 1 atom stereocenters. The van der Waals surface area contributed by atoms with Gasteiger partial charge in [-0.1, -0.05) is 24.3 Å². The number of benzene rings is 2. The van der Waals surface area contributed by atoms with Crippen molar-refractivity contribution in [1.29, 1.82) is 0 Å². The number of hydrogen-bond acceptors (Lipinski definition) is 2. The molecule has 0 amide bonds. The van der Waals surface area contributed by atoms with Crippen LogP contribution >= 0.6 is 0 Å². The van der Waals surface area contributed by atoms with Gasteiger partial charge in [0, 0.05) is 28.9 Å². The number of halogens is 2. The van der Waals surface area contributed by atoms with Crippen LogP contribution in [0, 0.1) is 11.6 Å². The molecular formula is C16H11F2NO. The second-order valence-electron chi connectivity index (χ2n) is 4.52. The van der Waals surface area contributed by atoms with Gasteiger partial charge in [0.25, 0.3) is 0 Å². The van der Waals surface area contributed by atoms with Gasteiger partial charge in [-0.25, -0.2) is 8.78 Å². The maximum Gasteiger partial charge on any atom is 0.129 e. The van der Waals surface area contributed by atoms with E-state index in [1.807, 2.05) is 24.3 Å². The summed E-state index contributed by atoms with van der Waals surface area (Å²) in [6.07, 6.45) is 1.87. The Hall–Kier alpha value is -2.33. The predicted molar refractivity (Wildman–Crippen MR) is 72.2 cm³/mol. The third kappa shape index (κ3) is 2.14. The largest absolute Gasteiger partial charge is 0.383 e. The summed E-state index contributed by atoms with van der Waals surface area (Å²) >= 11 is 0. The average Bonchev–Trinajstić information content (AvgIpc) is 2.48. The molecule has 0 radical (unpaired) electrons. The van der Waals surface area contributed by atoms with Gasteiger partial charge in [0.2, 0.25) is 0 Å².